The molecule has 0 saturated carbocycles. The third kappa shape index (κ3) is 2.94. The lowest BCUT2D eigenvalue weighted by Crippen LogP contribution is -1.87. The number of halogens is 1. The van der Waals surface area contributed by atoms with Crippen LogP contribution in [0.2, 0.25) is 5.02 Å². The van der Waals surface area contributed by atoms with Crippen LogP contribution in [-0.4, -0.2) is 9.97 Å². The molecule has 0 radical (unpaired) electrons. The number of benzene rings is 2. The van der Waals surface area contributed by atoms with Crippen molar-refractivity contribution in [2.75, 3.05) is 0 Å². The summed E-state index contributed by atoms with van der Waals surface area (Å²) >= 11 is 8.01. The van der Waals surface area contributed by atoms with Crippen LogP contribution in [0.1, 0.15) is 19.4 Å². The Morgan fingerprint density at radius 1 is 1.00 bits per heavy atom. The van der Waals surface area contributed by atoms with Gasteiger partial charge in [0, 0.05) is 27.7 Å². The first kappa shape index (κ1) is 15.9. The molecule has 2 aromatic heterocycles. The molecule has 4 aromatic rings. The Bertz CT molecular complexity index is 976. The Balaban J connectivity index is 0.000000753. The van der Waals surface area contributed by atoms with Gasteiger partial charge in [0.25, 0.3) is 0 Å². The largest absolute Gasteiger partial charge is 0.253 e. The third-order valence-corrected chi connectivity index (χ3v) is 4.92. The van der Waals surface area contributed by atoms with Crippen molar-refractivity contribution in [2.45, 2.75) is 20.8 Å². The molecule has 0 fully saturated rings. The third-order valence-electron chi connectivity index (χ3n) is 3.62. The minimum Gasteiger partial charge on any atom is -0.253 e. The van der Waals surface area contributed by atoms with Gasteiger partial charge in [-0.2, -0.15) is 0 Å². The first-order valence-electron chi connectivity index (χ1n) is 7.61. The highest BCUT2D eigenvalue weighted by molar-refractivity contribution is 7.17. The molecule has 0 saturated heterocycles. The monoisotopic (exact) mass is 340 g/mol. The van der Waals surface area contributed by atoms with Gasteiger partial charge in [-0.05, 0) is 53.1 Å². The lowest BCUT2D eigenvalue weighted by atomic mass is 10.0. The standard InChI is InChI=1S/C17H11ClN2S.C2H6/c1-10-9-21-16-3-2-11(6-13(10)16)14-7-12(18)8-15-17(14)20-5-4-19-15;1-2/h2-9H,1H3;1-2H3. The molecule has 116 valence electrons. The zero-order valence-corrected chi connectivity index (χ0v) is 14.9. The number of hydrogen-bond acceptors (Lipinski definition) is 3. The number of hydrogen-bond donors (Lipinski definition) is 0. The second-order valence-electron chi connectivity index (χ2n) is 5.01. The van der Waals surface area contributed by atoms with E-state index in [0.29, 0.717) is 5.02 Å². The van der Waals surface area contributed by atoms with Gasteiger partial charge >= 0.3 is 0 Å². The van der Waals surface area contributed by atoms with Crippen LogP contribution in [0, 0.1) is 6.92 Å². The first-order valence-corrected chi connectivity index (χ1v) is 8.86. The number of thiophene rings is 1. The van der Waals surface area contributed by atoms with E-state index >= 15 is 0 Å². The van der Waals surface area contributed by atoms with Gasteiger partial charge in [0.05, 0.1) is 11.0 Å². The number of rotatable bonds is 1. The molecule has 0 atom stereocenters. The Morgan fingerprint density at radius 3 is 2.61 bits per heavy atom. The van der Waals surface area contributed by atoms with Crippen molar-refractivity contribution in [2.24, 2.45) is 0 Å². The quantitative estimate of drug-likeness (QED) is 0.395. The zero-order chi connectivity index (χ0) is 16.4. The van der Waals surface area contributed by atoms with Gasteiger partial charge in [0.15, 0.2) is 0 Å². The molecule has 4 rings (SSSR count). The fraction of sp³-hybridized carbons (Fsp3) is 0.158. The predicted molar refractivity (Wildman–Crippen MR) is 101 cm³/mol. The van der Waals surface area contributed by atoms with Gasteiger partial charge in [-0.3, -0.25) is 9.97 Å². The molecule has 0 aliphatic carbocycles. The summed E-state index contributed by atoms with van der Waals surface area (Å²) in [7, 11) is 0. The van der Waals surface area contributed by atoms with E-state index in [1.165, 1.54) is 15.6 Å². The summed E-state index contributed by atoms with van der Waals surface area (Å²) in [5.74, 6) is 0. The smallest absolute Gasteiger partial charge is 0.0966 e. The van der Waals surface area contributed by atoms with E-state index in [9.17, 15) is 0 Å². The Kier molecular flexibility index (Phi) is 4.60. The Labute approximate surface area is 144 Å². The summed E-state index contributed by atoms with van der Waals surface area (Å²) in [6.07, 6.45) is 3.41. The van der Waals surface area contributed by atoms with Gasteiger partial charge in [-0.25, -0.2) is 0 Å². The summed E-state index contributed by atoms with van der Waals surface area (Å²) in [5, 5.41) is 4.15. The van der Waals surface area contributed by atoms with E-state index in [-0.39, 0.29) is 0 Å². The average molecular weight is 341 g/mol. The predicted octanol–water partition coefficient (Wildman–Crippen LogP) is 6.50. The van der Waals surface area contributed by atoms with E-state index in [1.807, 2.05) is 26.0 Å². The Hall–Kier alpha value is -1.97. The van der Waals surface area contributed by atoms with E-state index in [1.54, 1.807) is 23.7 Å². The molecular weight excluding hydrogens is 324 g/mol. The summed E-state index contributed by atoms with van der Waals surface area (Å²) in [4.78, 5) is 8.82. The van der Waals surface area contributed by atoms with Crippen LogP contribution >= 0.6 is 22.9 Å². The summed E-state index contributed by atoms with van der Waals surface area (Å²) in [6.45, 7) is 6.14. The number of aromatic nitrogens is 2. The van der Waals surface area contributed by atoms with Crippen LogP contribution in [0.25, 0.3) is 32.2 Å². The van der Waals surface area contributed by atoms with Crippen LogP contribution in [0.4, 0.5) is 0 Å². The van der Waals surface area contributed by atoms with Gasteiger partial charge in [0.2, 0.25) is 0 Å². The van der Waals surface area contributed by atoms with Gasteiger partial charge in [-0.15, -0.1) is 11.3 Å². The molecule has 23 heavy (non-hydrogen) atoms. The van der Waals surface area contributed by atoms with Gasteiger partial charge in [-0.1, -0.05) is 31.5 Å². The van der Waals surface area contributed by atoms with Crippen LogP contribution in [0.5, 0.6) is 0 Å². The molecule has 0 aliphatic rings. The zero-order valence-electron chi connectivity index (χ0n) is 13.3. The molecule has 2 nitrogen and oxygen atoms in total. The lowest BCUT2D eigenvalue weighted by Gasteiger charge is -2.07. The molecule has 2 heterocycles. The summed E-state index contributed by atoms with van der Waals surface area (Å²) in [6, 6.07) is 10.3. The van der Waals surface area contributed by atoms with Crippen molar-refractivity contribution in [1.29, 1.82) is 0 Å². The molecule has 0 unspecified atom stereocenters. The highest BCUT2D eigenvalue weighted by atomic mass is 35.5. The number of aryl methyl sites for hydroxylation is 1. The van der Waals surface area contributed by atoms with Crippen molar-refractivity contribution >= 4 is 44.1 Å². The number of nitrogens with zero attached hydrogens (tertiary/aromatic N) is 2. The fourth-order valence-corrected chi connectivity index (χ4v) is 3.72. The van der Waals surface area contributed by atoms with Gasteiger partial charge < -0.3 is 0 Å². The van der Waals surface area contributed by atoms with Crippen molar-refractivity contribution in [3.8, 4) is 11.1 Å². The van der Waals surface area contributed by atoms with Gasteiger partial charge in [0.1, 0.15) is 0 Å². The number of fused-ring (bicyclic) bond motifs is 2. The maximum absolute atomic E-state index is 6.24. The normalized spacial score (nSPS) is 10.6. The summed E-state index contributed by atoms with van der Waals surface area (Å²) in [5.41, 5.74) is 5.15. The maximum Gasteiger partial charge on any atom is 0.0966 e. The molecule has 0 bridgehead atoms. The lowest BCUT2D eigenvalue weighted by molar-refractivity contribution is 1.29. The summed E-state index contributed by atoms with van der Waals surface area (Å²) < 4.78 is 1.30. The van der Waals surface area contributed by atoms with Crippen LogP contribution in [-0.2, 0) is 0 Å². The van der Waals surface area contributed by atoms with E-state index < -0.39 is 0 Å². The maximum atomic E-state index is 6.24. The van der Waals surface area contributed by atoms with E-state index in [2.05, 4.69) is 40.5 Å². The first-order chi connectivity index (χ1) is 11.2. The average Bonchev–Trinajstić information content (AvgIpc) is 2.96. The fourth-order valence-electron chi connectivity index (χ4n) is 2.58. The minimum absolute atomic E-state index is 0.681. The van der Waals surface area contributed by atoms with Crippen LogP contribution in [0.3, 0.4) is 0 Å². The van der Waals surface area contributed by atoms with Crippen LogP contribution in [0.15, 0.2) is 48.1 Å². The topological polar surface area (TPSA) is 25.8 Å². The Morgan fingerprint density at radius 2 is 1.78 bits per heavy atom. The van der Waals surface area contributed by atoms with Crippen LogP contribution < -0.4 is 0 Å². The molecule has 4 heteroatoms. The molecular formula is C19H17ClN2S. The second kappa shape index (κ2) is 6.65. The molecule has 0 N–H and O–H groups in total. The molecule has 0 aliphatic heterocycles. The molecule has 0 spiro atoms. The molecule has 0 amide bonds. The van der Waals surface area contributed by atoms with E-state index in [0.717, 1.165) is 22.2 Å². The van der Waals surface area contributed by atoms with Crippen molar-refractivity contribution < 1.29 is 0 Å². The second-order valence-corrected chi connectivity index (χ2v) is 6.35. The highest BCUT2D eigenvalue weighted by Crippen LogP contribution is 2.34. The molecule has 2 aromatic carbocycles. The highest BCUT2D eigenvalue weighted by Gasteiger charge is 2.09. The van der Waals surface area contributed by atoms with Crippen molar-refractivity contribution in [3.05, 3.63) is 58.7 Å². The minimum atomic E-state index is 0.681. The van der Waals surface area contributed by atoms with Crippen molar-refractivity contribution in [3.63, 3.8) is 0 Å². The van der Waals surface area contributed by atoms with Crippen molar-refractivity contribution in [1.82, 2.24) is 9.97 Å². The van der Waals surface area contributed by atoms with E-state index in [4.69, 9.17) is 11.6 Å². The SMILES string of the molecule is CC.Cc1csc2ccc(-c3cc(Cl)cc4nccnc34)cc12.